The highest BCUT2D eigenvalue weighted by Gasteiger charge is 2.59. The van der Waals surface area contributed by atoms with E-state index in [1.165, 1.54) is 25.5 Å². The molecule has 112 valence electrons. The number of nitrogens with two attached hydrogens (primary N) is 1. The van der Waals surface area contributed by atoms with Crippen LogP contribution in [0.5, 0.6) is 0 Å². The van der Waals surface area contributed by atoms with E-state index in [1.807, 2.05) is 6.92 Å². The molecule has 0 aromatic carbocycles. The number of rotatable bonds is 5. The van der Waals surface area contributed by atoms with E-state index in [-0.39, 0.29) is 9.62 Å². The van der Waals surface area contributed by atoms with Crippen LogP contribution in [-0.2, 0) is 14.8 Å². The van der Waals surface area contributed by atoms with Crippen LogP contribution in [0.4, 0.5) is 5.13 Å². The van der Waals surface area contributed by atoms with Crippen molar-refractivity contribution in [3.8, 4) is 0 Å². The summed E-state index contributed by atoms with van der Waals surface area (Å²) in [5, 5.41) is 9.08. The standard InChI is InChI=1S/C12H19N3O3S2/c1-2-18-9-6-8(12(9)4-3-5-12)15-11-14-7-10(19-11)20(13,16)17/h7-9H,2-6H2,1H3,(H,14,15)(H2,13,16,17)/t8-,9+/m1/s1. The van der Waals surface area contributed by atoms with Gasteiger partial charge in [-0.25, -0.2) is 18.5 Å². The van der Waals surface area contributed by atoms with Crippen LogP contribution in [-0.4, -0.2) is 32.2 Å². The Balaban J connectivity index is 1.69. The summed E-state index contributed by atoms with van der Waals surface area (Å²) in [6.45, 7) is 2.76. The number of nitrogens with zero attached hydrogens (tertiary/aromatic N) is 1. The number of thiazole rings is 1. The zero-order valence-electron chi connectivity index (χ0n) is 11.3. The number of ether oxygens (including phenoxy) is 1. The maximum Gasteiger partial charge on any atom is 0.249 e. The highest BCUT2D eigenvalue weighted by atomic mass is 32.2. The molecule has 6 nitrogen and oxygen atoms in total. The van der Waals surface area contributed by atoms with Crippen LogP contribution in [0, 0.1) is 5.41 Å². The fraction of sp³-hybridized carbons (Fsp3) is 0.750. The number of hydrogen-bond acceptors (Lipinski definition) is 6. The number of aromatic nitrogens is 1. The molecule has 0 aliphatic heterocycles. The zero-order valence-corrected chi connectivity index (χ0v) is 13.0. The molecule has 0 unspecified atom stereocenters. The van der Waals surface area contributed by atoms with Crippen molar-refractivity contribution in [2.45, 2.75) is 49.0 Å². The molecule has 1 heterocycles. The van der Waals surface area contributed by atoms with Gasteiger partial charge in [0.1, 0.15) is 0 Å². The van der Waals surface area contributed by atoms with Gasteiger partial charge in [-0.2, -0.15) is 0 Å². The Morgan fingerprint density at radius 3 is 2.85 bits per heavy atom. The third-order valence-corrected chi connectivity index (χ3v) is 6.84. The summed E-state index contributed by atoms with van der Waals surface area (Å²) in [7, 11) is -3.65. The van der Waals surface area contributed by atoms with Crippen LogP contribution >= 0.6 is 11.3 Å². The Labute approximate surface area is 122 Å². The average molecular weight is 317 g/mol. The van der Waals surface area contributed by atoms with Crippen molar-refractivity contribution in [2.24, 2.45) is 10.6 Å². The van der Waals surface area contributed by atoms with Crippen molar-refractivity contribution in [2.75, 3.05) is 11.9 Å². The molecule has 2 aliphatic carbocycles. The molecular formula is C12H19N3O3S2. The topological polar surface area (TPSA) is 94.3 Å². The smallest absolute Gasteiger partial charge is 0.249 e. The fourth-order valence-electron chi connectivity index (χ4n) is 3.25. The molecule has 8 heteroatoms. The number of sulfonamides is 1. The minimum absolute atomic E-state index is 0.100. The molecule has 0 saturated heterocycles. The molecule has 0 amide bonds. The van der Waals surface area contributed by atoms with Crippen molar-refractivity contribution in [3.63, 3.8) is 0 Å². The third-order valence-electron chi connectivity index (χ3n) is 4.50. The van der Waals surface area contributed by atoms with Crippen LogP contribution in [0.15, 0.2) is 10.4 Å². The Kier molecular flexibility index (Phi) is 3.52. The second kappa shape index (κ2) is 4.94. The van der Waals surface area contributed by atoms with E-state index in [1.54, 1.807) is 0 Å². The molecule has 0 bridgehead atoms. The third kappa shape index (κ3) is 2.24. The van der Waals surface area contributed by atoms with Crippen molar-refractivity contribution in [1.82, 2.24) is 4.98 Å². The molecule has 2 atom stereocenters. The Morgan fingerprint density at radius 2 is 2.35 bits per heavy atom. The van der Waals surface area contributed by atoms with E-state index in [0.29, 0.717) is 17.3 Å². The summed E-state index contributed by atoms with van der Waals surface area (Å²) in [4.78, 5) is 4.11. The van der Waals surface area contributed by atoms with Gasteiger partial charge >= 0.3 is 0 Å². The highest BCUT2D eigenvalue weighted by Crippen LogP contribution is 2.58. The lowest BCUT2D eigenvalue weighted by molar-refractivity contribution is -0.157. The first-order valence-electron chi connectivity index (χ1n) is 6.82. The maximum atomic E-state index is 11.2. The summed E-state index contributed by atoms with van der Waals surface area (Å²) in [5.74, 6) is 0. The highest BCUT2D eigenvalue weighted by molar-refractivity contribution is 7.91. The Morgan fingerprint density at radius 1 is 1.60 bits per heavy atom. The van der Waals surface area contributed by atoms with E-state index in [9.17, 15) is 8.42 Å². The first-order chi connectivity index (χ1) is 9.45. The molecule has 3 rings (SSSR count). The molecule has 1 aromatic rings. The molecule has 3 N–H and O–H groups in total. The van der Waals surface area contributed by atoms with Crippen LogP contribution in [0.2, 0.25) is 0 Å². The molecule has 1 aromatic heterocycles. The summed E-state index contributed by atoms with van der Waals surface area (Å²) in [6.07, 6.45) is 6.18. The molecule has 1 spiro atoms. The minimum Gasteiger partial charge on any atom is -0.378 e. The van der Waals surface area contributed by atoms with Gasteiger partial charge in [-0.05, 0) is 26.2 Å². The van der Waals surface area contributed by atoms with Crippen molar-refractivity contribution >= 4 is 26.5 Å². The van der Waals surface area contributed by atoms with Crippen molar-refractivity contribution < 1.29 is 13.2 Å². The molecule has 2 fully saturated rings. The summed E-state index contributed by atoms with van der Waals surface area (Å²) in [6, 6.07) is 0.326. The van der Waals surface area contributed by atoms with Gasteiger partial charge in [0.05, 0.1) is 12.3 Å². The van der Waals surface area contributed by atoms with E-state index < -0.39 is 10.0 Å². The second-order valence-electron chi connectivity index (χ2n) is 5.49. The monoisotopic (exact) mass is 317 g/mol. The van der Waals surface area contributed by atoms with E-state index in [4.69, 9.17) is 9.88 Å². The molecule has 20 heavy (non-hydrogen) atoms. The number of primary sulfonamides is 1. The predicted octanol–water partition coefficient (Wildman–Crippen LogP) is 1.55. The summed E-state index contributed by atoms with van der Waals surface area (Å²) in [5.41, 5.74) is 0.226. The van der Waals surface area contributed by atoms with E-state index in [0.717, 1.165) is 24.4 Å². The predicted molar refractivity (Wildman–Crippen MR) is 77.2 cm³/mol. The first-order valence-corrected chi connectivity index (χ1v) is 9.19. The first kappa shape index (κ1) is 14.2. The lowest BCUT2D eigenvalue weighted by Crippen LogP contribution is -2.64. The SMILES string of the molecule is CCO[C@H]1C[C@@H](Nc2ncc(S(N)(=O)=O)s2)C12CCC2. The zero-order chi connectivity index (χ0) is 14.4. The van der Waals surface area contributed by atoms with Crippen molar-refractivity contribution in [3.05, 3.63) is 6.20 Å². The molecule has 2 saturated carbocycles. The fourth-order valence-corrected chi connectivity index (χ4v) is 4.75. The molecule has 2 aliphatic rings. The summed E-state index contributed by atoms with van der Waals surface area (Å²) < 4.78 is 28.4. The quantitative estimate of drug-likeness (QED) is 0.859. The van der Waals surface area contributed by atoms with Gasteiger partial charge in [-0.15, -0.1) is 0 Å². The largest absolute Gasteiger partial charge is 0.378 e. The molecule has 0 radical (unpaired) electrons. The van der Waals surface area contributed by atoms with Gasteiger partial charge < -0.3 is 10.1 Å². The normalized spacial score (nSPS) is 27.9. The Bertz CT molecular complexity index is 595. The van der Waals surface area contributed by atoms with Gasteiger partial charge in [0.15, 0.2) is 9.34 Å². The lowest BCUT2D eigenvalue weighted by atomic mass is 9.51. The van der Waals surface area contributed by atoms with Gasteiger partial charge in [-0.1, -0.05) is 17.8 Å². The second-order valence-corrected chi connectivity index (χ2v) is 8.31. The van der Waals surface area contributed by atoms with Gasteiger partial charge in [0.2, 0.25) is 10.0 Å². The Hall–Kier alpha value is -0.700. The van der Waals surface area contributed by atoms with Crippen LogP contribution < -0.4 is 10.5 Å². The van der Waals surface area contributed by atoms with Crippen LogP contribution in [0.1, 0.15) is 32.6 Å². The van der Waals surface area contributed by atoms with Gasteiger partial charge in [-0.3, -0.25) is 0 Å². The summed E-state index contributed by atoms with van der Waals surface area (Å²) >= 11 is 1.09. The molecular weight excluding hydrogens is 298 g/mol. The van der Waals surface area contributed by atoms with Gasteiger partial charge in [0.25, 0.3) is 0 Å². The maximum absolute atomic E-state index is 11.2. The van der Waals surface area contributed by atoms with Crippen molar-refractivity contribution in [1.29, 1.82) is 0 Å². The van der Waals surface area contributed by atoms with Gasteiger partial charge in [0, 0.05) is 18.1 Å². The van der Waals surface area contributed by atoms with Crippen LogP contribution in [0.25, 0.3) is 0 Å². The number of anilines is 1. The average Bonchev–Trinajstić information content (AvgIpc) is 2.73. The van der Waals surface area contributed by atoms with E-state index >= 15 is 0 Å². The van der Waals surface area contributed by atoms with Crippen LogP contribution in [0.3, 0.4) is 0 Å². The minimum atomic E-state index is -3.65. The van der Waals surface area contributed by atoms with E-state index in [2.05, 4.69) is 10.3 Å². The lowest BCUT2D eigenvalue weighted by Gasteiger charge is -2.61. The number of hydrogen-bond donors (Lipinski definition) is 2. The number of nitrogens with one attached hydrogen (secondary N) is 1.